The van der Waals surface area contributed by atoms with Gasteiger partial charge < -0.3 is 10.4 Å². The number of aliphatic hydroxyl groups excluding tert-OH is 1. The standard InChI is InChI=1S/C13H29NOS/c1-5-14-13(4,11-15)8-6-9-16-10-7-12(2)3/h12,14-15H,5-11H2,1-4H3. The molecule has 0 bridgehead atoms. The molecule has 0 aliphatic heterocycles. The highest BCUT2D eigenvalue weighted by Crippen LogP contribution is 2.16. The highest BCUT2D eigenvalue weighted by Gasteiger charge is 2.20. The average molecular weight is 247 g/mol. The fraction of sp³-hybridized carbons (Fsp3) is 1.00. The average Bonchev–Trinajstić information content (AvgIpc) is 2.23. The molecule has 0 heterocycles. The minimum absolute atomic E-state index is 0.0760. The van der Waals surface area contributed by atoms with Gasteiger partial charge >= 0.3 is 0 Å². The van der Waals surface area contributed by atoms with Crippen molar-refractivity contribution < 1.29 is 5.11 Å². The van der Waals surface area contributed by atoms with E-state index in [1.807, 2.05) is 11.8 Å². The Kier molecular flexibility index (Phi) is 9.47. The summed E-state index contributed by atoms with van der Waals surface area (Å²) in [6, 6.07) is 0. The first-order chi connectivity index (χ1) is 7.54. The Labute approximate surface area is 106 Å². The van der Waals surface area contributed by atoms with Crippen LogP contribution in [0.25, 0.3) is 0 Å². The molecule has 0 radical (unpaired) electrons. The van der Waals surface area contributed by atoms with Crippen LogP contribution in [0.2, 0.25) is 0 Å². The molecular formula is C13H29NOS. The van der Waals surface area contributed by atoms with Gasteiger partial charge in [-0.25, -0.2) is 0 Å². The van der Waals surface area contributed by atoms with Gasteiger partial charge in [0.2, 0.25) is 0 Å². The quantitative estimate of drug-likeness (QED) is 0.582. The number of thioether (sulfide) groups is 1. The number of likely N-dealkylation sites (N-methyl/N-ethyl adjacent to an activating group) is 1. The van der Waals surface area contributed by atoms with Gasteiger partial charge in [-0.05, 0) is 50.2 Å². The van der Waals surface area contributed by atoms with Gasteiger partial charge in [0, 0.05) is 5.54 Å². The van der Waals surface area contributed by atoms with Crippen molar-refractivity contribution in [2.75, 3.05) is 24.7 Å². The van der Waals surface area contributed by atoms with Crippen molar-refractivity contribution in [3.63, 3.8) is 0 Å². The summed E-state index contributed by atoms with van der Waals surface area (Å²) in [5, 5.41) is 12.7. The van der Waals surface area contributed by atoms with E-state index in [-0.39, 0.29) is 12.1 Å². The van der Waals surface area contributed by atoms with E-state index in [9.17, 15) is 5.11 Å². The van der Waals surface area contributed by atoms with Crippen molar-refractivity contribution in [1.82, 2.24) is 5.32 Å². The molecule has 0 aromatic rings. The molecule has 16 heavy (non-hydrogen) atoms. The van der Waals surface area contributed by atoms with Gasteiger partial charge in [0.05, 0.1) is 6.61 Å². The second kappa shape index (κ2) is 9.32. The van der Waals surface area contributed by atoms with E-state index in [1.165, 1.54) is 24.3 Å². The zero-order chi connectivity index (χ0) is 12.4. The Hall–Kier alpha value is 0.270. The van der Waals surface area contributed by atoms with Gasteiger partial charge in [0.25, 0.3) is 0 Å². The molecule has 0 aromatic carbocycles. The van der Waals surface area contributed by atoms with E-state index in [4.69, 9.17) is 0 Å². The van der Waals surface area contributed by atoms with Gasteiger partial charge in [0.15, 0.2) is 0 Å². The minimum atomic E-state index is -0.0760. The van der Waals surface area contributed by atoms with E-state index in [2.05, 4.69) is 33.0 Å². The molecule has 3 heteroatoms. The summed E-state index contributed by atoms with van der Waals surface area (Å²) in [5.74, 6) is 3.31. The molecule has 0 saturated heterocycles. The molecular weight excluding hydrogens is 218 g/mol. The fourth-order valence-corrected chi connectivity index (χ4v) is 2.83. The van der Waals surface area contributed by atoms with Gasteiger partial charge in [0.1, 0.15) is 0 Å². The number of hydrogen-bond acceptors (Lipinski definition) is 3. The van der Waals surface area contributed by atoms with Gasteiger partial charge in [-0.2, -0.15) is 11.8 Å². The predicted octanol–water partition coefficient (Wildman–Crippen LogP) is 2.91. The molecule has 98 valence electrons. The number of hydrogen-bond donors (Lipinski definition) is 2. The maximum absolute atomic E-state index is 9.32. The normalized spacial score (nSPS) is 15.4. The second-order valence-electron chi connectivity index (χ2n) is 5.15. The molecule has 0 aliphatic rings. The summed E-state index contributed by atoms with van der Waals surface area (Å²) in [6.07, 6.45) is 3.56. The van der Waals surface area contributed by atoms with Crippen LogP contribution in [-0.2, 0) is 0 Å². The molecule has 0 aromatic heterocycles. The molecule has 0 spiro atoms. The maximum atomic E-state index is 9.32. The molecule has 0 rings (SSSR count). The van der Waals surface area contributed by atoms with Crippen molar-refractivity contribution in [3.8, 4) is 0 Å². The predicted molar refractivity (Wildman–Crippen MR) is 75.2 cm³/mol. The van der Waals surface area contributed by atoms with E-state index in [1.54, 1.807) is 0 Å². The molecule has 2 N–H and O–H groups in total. The third-order valence-electron chi connectivity index (χ3n) is 2.81. The van der Waals surface area contributed by atoms with Crippen LogP contribution in [0.5, 0.6) is 0 Å². The smallest absolute Gasteiger partial charge is 0.0610 e. The van der Waals surface area contributed by atoms with Gasteiger partial charge in [-0.3, -0.25) is 0 Å². The third kappa shape index (κ3) is 8.43. The molecule has 0 fully saturated rings. The first kappa shape index (κ1) is 16.3. The van der Waals surface area contributed by atoms with Gasteiger partial charge in [-0.1, -0.05) is 20.8 Å². The molecule has 0 saturated carbocycles. The lowest BCUT2D eigenvalue weighted by molar-refractivity contribution is 0.167. The maximum Gasteiger partial charge on any atom is 0.0610 e. The Morgan fingerprint density at radius 2 is 2.00 bits per heavy atom. The summed E-state index contributed by atoms with van der Waals surface area (Å²) in [7, 11) is 0. The van der Waals surface area contributed by atoms with Crippen molar-refractivity contribution in [3.05, 3.63) is 0 Å². The lowest BCUT2D eigenvalue weighted by Gasteiger charge is -2.28. The third-order valence-corrected chi connectivity index (χ3v) is 3.91. The van der Waals surface area contributed by atoms with E-state index in [0.29, 0.717) is 0 Å². The number of nitrogens with one attached hydrogen (secondary N) is 1. The van der Waals surface area contributed by atoms with Crippen LogP contribution in [0.3, 0.4) is 0 Å². The van der Waals surface area contributed by atoms with E-state index in [0.717, 1.165) is 18.9 Å². The SMILES string of the molecule is CCNC(C)(CO)CCCSCCC(C)C. The summed E-state index contributed by atoms with van der Waals surface area (Å²) in [4.78, 5) is 0. The molecule has 1 unspecified atom stereocenters. The van der Waals surface area contributed by atoms with E-state index >= 15 is 0 Å². The van der Waals surface area contributed by atoms with Gasteiger partial charge in [-0.15, -0.1) is 0 Å². The van der Waals surface area contributed by atoms with Crippen LogP contribution in [0, 0.1) is 5.92 Å². The minimum Gasteiger partial charge on any atom is -0.394 e. The summed E-state index contributed by atoms with van der Waals surface area (Å²) in [6.45, 7) is 9.90. The van der Waals surface area contributed by atoms with Crippen molar-refractivity contribution in [1.29, 1.82) is 0 Å². The van der Waals surface area contributed by atoms with Crippen molar-refractivity contribution in [2.24, 2.45) is 5.92 Å². The van der Waals surface area contributed by atoms with Crippen molar-refractivity contribution >= 4 is 11.8 Å². The summed E-state index contributed by atoms with van der Waals surface area (Å²) >= 11 is 2.04. The van der Waals surface area contributed by atoms with Crippen LogP contribution in [0.15, 0.2) is 0 Å². The number of aliphatic hydroxyl groups is 1. The monoisotopic (exact) mass is 247 g/mol. The van der Waals surface area contributed by atoms with Crippen LogP contribution >= 0.6 is 11.8 Å². The lowest BCUT2D eigenvalue weighted by atomic mass is 9.97. The van der Waals surface area contributed by atoms with Crippen LogP contribution in [-0.4, -0.2) is 35.3 Å². The second-order valence-corrected chi connectivity index (χ2v) is 6.37. The van der Waals surface area contributed by atoms with E-state index < -0.39 is 0 Å². The number of rotatable bonds is 10. The highest BCUT2D eigenvalue weighted by molar-refractivity contribution is 7.99. The first-order valence-corrected chi connectivity index (χ1v) is 7.63. The molecule has 2 nitrogen and oxygen atoms in total. The fourth-order valence-electron chi connectivity index (χ4n) is 1.64. The Morgan fingerprint density at radius 1 is 1.31 bits per heavy atom. The van der Waals surface area contributed by atoms with Crippen LogP contribution in [0.1, 0.15) is 47.0 Å². The molecule has 0 amide bonds. The molecule has 0 aliphatic carbocycles. The Morgan fingerprint density at radius 3 is 2.50 bits per heavy atom. The summed E-state index contributed by atoms with van der Waals surface area (Å²) < 4.78 is 0. The Balaban J connectivity index is 3.48. The highest BCUT2D eigenvalue weighted by atomic mass is 32.2. The summed E-state index contributed by atoms with van der Waals surface area (Å²) in [5.41, 5.74) is -0.0760. The van der Waals surface area contributed by atoms with Crippen LogP contribution < -0.4 is 5.32 Å². The van der Waals surface area contributed by atoms with Crippen molar-refractivity contribution in [2.45, 2.75) is 52.5 Å². The zero-order valence-corrected chi connectivity index (χ0v) is 12.2. The Bertz CT molecular complexity index is 164. The lowest BCUT2D eigenvalue weighted by Crippen LogP contribution is -2.45. The van der Waals surface area contributed by atoms with Crippen LogP contribution in [0.4, 0.5) is 0 Å². The topological polar surface area (TPSA) is 32.3 Å². The zero-order valence-electron chi connectivity index (χ0n) is 11.4. The largest absolute Gasteiger partial charge is 0.394 e. The molecule has 1 atom stereocenters. The first-order valence-electron chi connectivity index (χ1n) is 6.47.